The summed E-state index contributed by atoms with van der Waals surface area (Å²) in [5, 5.41) is 0. The van der Waals surface area contributed by atoms with Crippen molar-refractivity contribution in [2.75, 3.05) is 18.3 Å². The van der Waals surface area contributed by atoms with Gasteiger partial charge in [-0.25, -0.2) is 0 Å². The molecular weight excluding hydrogens is 154 g/mol. The van der Waals surface area contributed by atoms with E-state index >= 15 is 0 Å². The highest BCUT2D eigenvalue weighted by Gasteiger charge is 2.18. The summed E-state index contributed by atoms with van der Waals surface area (Å²) in [6.07, 6.45) is 10.1. The van der Waals surface area contributed by atoms with Gasteiger partial charge in [0.15, 0.2) is 0 Å². The Kier molecular flexibility index (Phi) is 3.73. The first-order chi connectivity index (χ1) is 5.18. The zero-order chi connectivity index (χ0) is 8.27. The average Bonchev–Trinajstić information content (AvgIpc) is 1.85. The van der Waals surface area contributed by atoms with E-state index in [9.17, 15) is 0 Å². The molecule has 0 aromatic carbocycles. The van der Waals surface area contributed by atoms with Crippen LogP contribution in [-0.4, -0.2) is 24.3 Å². The second-order valence-electron chi connectivity index (χ2n) is 4.05. The Morgan fingerprint density at radius 3 is 2.64 bits per heavy atom. The molecular formula is C9H21NS. The third kappa shape index (κ3) is 3.48. The minimum absolute atomic E-state index is 0.302. The molecule has 0 aliphatic heterocycles. The highest BCUT2D eigenvalue weighted by molar-refractivity contribution is 8.15. The average molecular weight is 175 g/mol. The van der Waals surface area contributed by atoms with E-state index in [1.54, 1.807) is 0 Å². The van der Waals surface area contributed by atoms with E-state index in [4.69, 9.17) is 5.73 Å². The van der Waals surface area contributed by atoms with Gasteiger partial charge in [0.2, 0.25) is 0 Å². The molecule has 1 nitrogen and oxygen atoms in total. The molecule has 2 unspecified atom stereocenters. The fourth-order valence-electron chi connectivity index (χ4n) is 2.01. The molecule has 0 aromatic heterocycles. The molecule has 1 fully saturated rings. The van der Waals surface area contributed by atoms with E-state index < -0.39 is 0 Å². The van der Waals surface area contributed by atoms with E-state index in [-0.39, 0.29) is 0 Å². The van der Waals surface area contributed by atoms with Crippen LogP contribution in [0.15, 0.2) is 0 Å². The number of rotatable bonds is 2. The highest BCUT2D eigenvalue weighted by Crippen LogP contribution is 2.29. The minimum Gasteiger partial charge on any atom is -0.328 e. The largest absolute Gasteiger partial charge is 0.328 e. The zero-order valence-corrected chi connectivity index (χ0v) is 8.61. The van der Waals surface area contributed by atoms with Crippen molar-refractivity contribution in [1.82, 2.24) is 0 Å². The van der Waals surface area contributed by atoms with E-state index in [0.717, 1.165) is 5.92 Å². The van der Waals surface area contributed by atoms with Crippen molar-refractivity contribution in [3.05, 3.63) is 0 Å². The Morgan fingerprint density at radius 1 is 1.36 bits per heavy atom. The van der Waals surface area contributed by atoms with Crippen LogP contribution in [0.25, 0.3) is 0 Å². The first-order valence-electron chi connectivity index (χ1n) is 4.59. The molecule has 0 spiro atoms. The summed E-state index contributed by atoms with van der Waals surface area (Å²) in [7, 11) is 0.302. The van der Waals surface area contributed by atoms with E-state index in [0.29, 0.717) is 16.9 Å². The molecule has 2 heteroatoms. The highest BCUT2D eigenvalue weighted by atomic mass is 32.2. The molecule has 1 saturated carbocycles. The second-order valence-corrected chi connectivity index (χ2v) is 6.58. The lowest BCUT2D eigenvalue weighted by Crippen LogP contribution is -2.29. The monoisotopic (exact) mass is 175 g/mol. The molecule has 68 valence electrons. The van der Waals surface area contributed by atoms with Crippen LogP contribution >= 0.6 is 10.9 Å². The van der Waals surface area contributed by atoms with E-state index in [1.807, 2.05) is 0 Å². The van der Waals surface area contributed by atoms with Crippen molar-refractivity contribution in [2.24, 2.45) is 11.7 Å². The van der Waals surface area contributed by atoms with Crippen LogP contribution in [0.4, 0.5) is 0 Å². The van der Waals surface area contributed by atoms with Crippen LogP contribution in [0.1, 0.15) is 25.7 Å². The Morgan fingerprint density at radius 2 is 2.09 bits per heavy atom. The van der Waals surface area contributed by atoms with Crippen molar-refractivity contribution in [1.29, 1.82) is 0 Å². The summed E-state index contributed by atoms with van der Waals surface area (Å²) in [5.74, 6) is 2.41. The fourth-order valence-corrected chi connectivity index (χ4v) is 3.38. The molecule has 0 bridgehead atoms. The quantitative estimate of drug-likeness (QED) is 0.615. The molecule has 1 aliphatic rings. The predicted molar refractivity (Wildman–Crippen MR) is 55.6 cm³/mol. The van der Waals surface area contributed by atoms with Gasteiger partial charge in [0, 0.05) is 6.04 Å². The van der Waals surface area contributed by atoms with Gasteiger partial charge in [-0.05, 0) is 43.4 Å². The van der Waals surface area contributed by atoms with Crippen molar-refractivity contribution >= 4 is 10.9 Å². The van der Waals surface area contributed by atoms with Crippen LogP contribution < -0.4 is 5.73 Å². The van der Waals surface area contributed by atoms with Crippen LogP contribution in [0.3, 0.4) is 0 Å². The molecule has 0 saturated heterocycles. The smallest absolute Gasteiger partial charge is 0.00417 e. The number of hydrogen-bond donors (Lipinski definition) is 2. The van der Waals surface area contributed by atoms with Crippen LogP contribution in [0, 0.1) is 5.92 Å². The molecule has 0 aromatic rings. The van der Waals surface area contributed by atoms with Gasteiger partial charge in [0.05, 0.1) is 0 Å². The Hall–Kier alpha value is 0.310. The Bertz CT molecular complexity index is 112. The Labute approximate surface area is 73.1 Å². The molecule has 1 rings (SSSR count). The molecule has 1 aliphatic carbocycles. The number of nitrogens with two attached hydrogens (primary N) is 1. The first kappa shape index (κ1) is 9.40. The van der Waals surface area contributed by atoms with Crippen molar-refractivity contribution < 1.29 is 0 Å². The van der Waals surface area contributed by atoms with Crippen molar-refractivity contribution in [3.8, 4) is 0 Å². The van der Waals surface area contributed by atoms with Gasteiger partial charge in [-0.1, -0.05) is 6.42 Å². The third-order valence-electron chi connectivity index (χ3n) is 2.45. The van der Waals surface area contributed by atoms with E-state index in [1.165, 1.54) is 31.4 Å². The number of hydrogen-bond acceptors (Lipinski definition) is 1. The lowest BCUT2D eigenvalue weighted by atomic mass is 9.87. The third-order valence-corrected chi connectivity index (χ3v) is 3.69. The standard InChI is InChI=1S/C9H21NS/c1-11(2)7-8-4-3-5-9(10)6-8/h8-9,11H,3-7,10H2,1-2H3. The summed E-state index contributed by atoms with van der Waals surface area (Å²) in [5.41, 5.74) is 5.91. The summed E-state index contributed by atoms with van der Waals surface area (Å²) in [6, 6.07) is 0.517. The van der Waals surface area contributed by atoms with Gasteiger partial charge in [-0.2, -0.15) is 0 Å². The molecule has 11 heavy (non-hydrogen) atoms. The topological polar surface area (TPSA) is 26.0 Å². The summed E-state index contributed by atoms with van der Waals surface area (Å²) >= 11 is 0. The SMILES string of the molecule is C[SH](C)CC1CCCC(N)C1. The molecule has 2 atom stereocenters. The molecule has 0 heterocycles. The van der Waals surface area contributed by atoms with Crippen molar-refractivity contribution in [3.63, 3.8) is 0 Å². The van der Waals surface area contributed by atoms with Gasteiger partial charge in [-0.3, -0.25) is 10.9 Å². The maximum atomic E-state index is 5.91. The summed E-state index contributed by atoms with van der Waals surface area (Å²) < 4.78 is 0. The van der Waals surface area contributed by atoms with Gasteiger partial charge in [0.1, 0.15) is 0 Å². The maximum Gasteiger partial charge on any atom is 0.00417 e. The lowest BCUT2D eigenvalue weighted by Gasteiger charge is -2.28. The van der Waals surface area contributed by atoms with Crippen LogP contribution in [0.5, 0.6) is 0 Å². The fraction of sp³-hybridized carbons (Fsp3) is 1.00. The normalized spacial score (nSPS) is 33.5. The van der Waals surface area contributed by atoms with Gasteiger partial charge in [-0.15, -0.1) is 0 Å². The van der Waals surface area contributed by atoms with Crippen LogP contribution in [-0.2, 0) is 0 Å². The van der Waals surface area contributed by atoms with Crippen LogP contribution in [0.2, 0.25) is 0 Å². The molecule has 2 N–H and O–H groups in total. The van der Waals surface area contributed by atoms with Gasteiger partial charge in [0.25, 0.3) is 0 Å². The predicted octanol–water partition coefficient (Wildman–Crippen LogP) is 1.76. The minimum atomic E-state index is 0.302. The number of thiol groups is 1. The maximum absolute atomic E-state index is 5.91. The zero-order valence-electron chi connectivity index (χ0n) is 7.71. The first-order valence-corrected chi connectivity index (χ1v) is 7.01. The van der Waals surface area contributed by atoms with Gasteiger partial charge >= 0.3 is 0 Å². The summed E-state index contributed by atoms with van der Waals surface area (Å²) in [6.45, 7) is 0. The lowest BCUT2D eigenvalue weighted by molar-refractivity contribution is 0.348. The summed E-state index contributed by atoms with van der Waals surface area (Å²) in [4.78, 5) is 0. The Balaban J connectivity index is 2.23. The van der Waals surface area contributed by atoms with Crippen molar-refractivity contribution in [2.45, 2.75) is 31.7 Å². The van der Waals surface area contributed by atoms with Gasteiger partial charge < -0.3 is 5.73 Å². The molecule has 0 amide bonds. The second kappa shape index (κ2) is 4.36. The van der Waals surface area contributed by atoms with E-state index in [2.05, 4.69) is 12.5 Å². The molecule has 0 radical (unpaired) electrons.